The number of benzene rings is 2. The molecule has 0 radical (unpaired) electrons. The summed E-state index contributed by atoms with van der Waals surface area (Å²) in [7, 11) is 1.63. The molecule has 156 valence electrons. The molecular weight excluding hydrogens is 462 g/mol. The first-order valence-corrected chi connectivity index (χ1v) is 10.4. The topological polar surface area (TPSA) is 97.7 Å². The molecule has 0 amide bonds. The molecule has 4 aromatic rings. The van der Waals surface area contributed by atoms with Crippen molar-refractivity contribution < 1.29 is 14.9 Å². The Balaban J connectivity index is 1.64. The Hall–Kier alpha value is -3.59. The number of halogens is 1. The zero-order valence-corrected chi connectivity index (χ0v) is 18.1. The van der Waals surface area contributed by atoms with Gasteiger partial charge in [-0.05, 0) is 35.4 Å². The van der Waals surface area contributed by atoms with Crippen LogP contribution in [0.2, 0.25) is 0 Å². The van der Waals surface area contributed by atoms with Crippen LogP contribution in [0.1, 0.15) is 23.6 Å². The van der Waals surface area contributed by atoms with E-state index >= 15 is 0 Å². The van der Waals surface area contributed by atoms with E-state index < -0.39 is 0 Å². The van der Waals surface area contributed by atoms with Crippen LogP contribution in [0.5, 0.6) is 17.5 Å². The first-order valence-electron chi connectivity index (χ1n) is 9.57. The molecule has 0 fully saturated rings. The highest BCUT2D eigenvalue weighted by Gasteiger charge is 2.29. The van der Waals surface area contributed by atoms with Crippen molar-refractivity contribution in [3.63, 3.8) is 0 Å². The van der Waals surface area contributed by atoms with E-state index in [-0.39, 0.29) is 23.8 Å². The molecule has 5 rings (SSSR count). The Morgan fingerprint density at radius 3 is 2.29 bits per heavy atom. The summed E-state index contributed by atoms with van der Waals surface area (Å²) in [5.41, 5.74) is 2.88. The third-order valence-electron chi connectivity index (χ3n) is 5.24. The van der Waals surface area contributed by atoms with Gasteiger partial charge in [0.2, 0.25) is 11.8 Å². The van der Waals surface area contributed by atoms with E-state index in [1.54, 1.807) is 11.8 Å². The number of aromatic hydroxyl groups is 2. The van der Waals surface area contributed by atoms with Crippen molar-refractivity contribution in [2.45, 2.75) is 12.5 Å². The van der Waals surface area contributed by atoms with Crippen molar-refractivity contribution in [2.75, 3.05) is 7.11 Å². The van der Waals surface area contributed by atoms with Crippen LogP contribution in [0.3, 0.4) is 0 Å². The summed E-state index contributed by atoms with van der Waals surface area (Å²) >= 11 is 3.47. The highest BCUT2D eigenvalue weighted by molar-refractivity contribution is 9.10. The predicted octanol–water partition coefficient (Wildman–Crippen LogP) is 4.37. The van der Waals surface area contributed by atoms with E-state index in [0.29, 0.717) is 12.4 Å². The highest BCUT2D eigenvalue weighted by Crippen LogP contribution is 2.35. The average molecular weight is 480 g/mol. The maximum absolute atomic E-state index is 10.1. The fourth-order valence-electron chi connectivity index (χ4n) is 3.65. The largest absolute Gasteiger partial charge is 0.497 e. The lowest BCUT2D eigenvalue weighted by Gasteiger charge is -2.24. The second-order valence-electron chi connectivity index (χ2n) is 7.10. The summed E-state index contributed by atoms with van der Waals surface area (Å²) in [6, 6.07) is 18.3. The summed E-state index contributed by atoms with van der Waals surface area (Å²) in [5, 5.41) is 24.8. The van der Waals surface area contributed by atoms with E-state index in [2.05, 4.69) is 26.0 Å². The van der Waals surface area contributed by atoms with Crippen molar-refractivity contribution in [3.8, 4) is 23.5 Å². The van der Waals surface area contributed by atoms with Crippen molar-refractivity contribution in [1.29, 1.82) is 0 Å². The maximum Gasteiger partial charge on any atom is 0.260 e. The second-order valence-corrected chi connectivity index (χ2v) is 8.02. The summed E-state index contributed by atoms with van der Waals surface area (Å²) in [4.78, 5) is 9.23. The van der Waals surface area contributed by atoms with E-state index in [1.165, 1.54) is 16.7 Å². The molecule has 0 saturated heterocycles. The average Bonchev–Trinajstić information content (AvgIpc) is 3.35. The van der Waals surface area contributed by atoms with Crippen LogP contribution in [0.25, 0.3) is 5.95 Å². The molecule has 9 heteroatoms. The number of aromatic nitrogens is 4. The number of methoxy groups -OCH3 is 1. The first-order chi connectivity index (χ1) is 15.0. The Kier molecular flexibility index (Phi) is 4.74. The summed E-state index contributed by atoms with van der Waals surface area (Å²) in [5.74, 6) is 1.00. The number of fused-ring (bicyclic) bond motifs is 1. The van der Waals surface area contributed by atoms with E-state index in [1.807, 2.05) is 48.5 Å². The number of hydrogen-bond donors (Lipinski definition) is 2. The molecule has 0 spiro atoms. The Morgan fingerprint density at radius 1 is 0.968 bits per heavy atom. The molecule has 2 aromatic heterocycles. The van der Waals surface area contributed by atoms with Gasteiger partial charge in [0.15, 0.2) is 0 Å². The number of nitrogens with zero attached hydrogens (tertiary/aromatic N) is 5. The monoisotopic (exact) mass is 479 g/mol. The van der Waals surface area contributed by atoms with Crippen LogP contribution in [-0.2, 0) is 0 Å². The molecule has 2 aromatic carbocycles. The zero-order chi connectivity index (χ0) is 21.5. The number of ether oxygens (including phenoxy) is 1. The molecule has 3 heterocycles. The Morgan fingerprint density at radius 2 is 1.65 bits per heavy atom. The minimum atomic E-state index is -0.168. The molecule has 1 atom stereocenters. The number of aliphatic imine (C=N–C) groups is 1. The van der Waals surface area contributed by atoms with Crippen molar-refractivity contribution in [1.82, 2.24) is 19.3 Å². The van der Waals surface area contributed by atoms with Gasteiger partial charge in [-0.2, -0.15) is 4.98 Å². The van der Waals surface area contributed by atoms with Gasteiger partial charge in [0.1, 0.15) is 5.75 Å². The van der Waals surface area contributed by atoms with Gasteiger partial charge in [-0.3, -0.25) is 0 Å². The lowest BCUT2D eigenvalue weighted by Crippen LogP contribution is -2.21. The smallest absolute Gasteiger partial charge is 0.260 e. The molecule has 31 heavy (non-hydrogen) atoms. The van der Waals surface area contributed by atoms with Crippen LogP contribution in [0.4, 0.5) is 5.95 Å². The Bertz CT molecular complexity index is 1260. The van der Waals surface area contributed by atoms with E-state index in [4.69, 9.17) is 9.73 Å². The molecule has 0 bridgehead atoms. The van der Waals surface area contributed by atoms with Gasteiger partial charge in [-0.25, -0.2) is 14.2 Å². The lowest BCUT2D eigenvalue weighted by molar-refractivity contribution is 0.397. The van der Waals surface area contributed by atoms with Crippen LogP contribution >= 0.6 is 15.9 Å². The normalized spacial score (nSPS) is 15.4. The number of rotatable bonds is 4. The molecule has 1 aliphatic heterocycles. The molecule has 8 nitrogen and oxygen atoms in total. The van der Waals surface area contributed by atoms with E-state index in [9.17, 15) is 10.2 Å². The number of hydrogen-bond acceptors (Lipinski definition) is 6. The third kappa shape index (κ3) is 3.46. The Labute approximate surface area is 186 Å². The van der Waals surface area contributed by atoms with Gasteiger partial charge < -0.3 is 14.9 Å². The van der Waals surface area contributed by atoms with Gasteiger partial charge in [0.25, 0.3) is 11.9 Å². The first kappa shape index (κ1) is 19.4. The van der Waals surface area contributed by atoms with Gasteiger partial charge in [0, 0.05) is 23.0 Å². The summed E-state index contributed by atoms with van der Waals surface area (Å²) < 4.78 is 9.17. The minimum absolute atomic E-state index is 0.148. The summed E-state index contributed by atoms with van der Waals surface area (Å²) in [6.07, 6.45) is 0.605. The quantitative estimate of drug-likeness (QED) is 0.452. The third-order valence-corrected chi connectivity index (χ3v) is 5.77. The maximum atomic E-state index is 10.1. The molecule has 0 saturated carbocycles. The predicted molar refractivity (Wildman–Crippen MR) is 119 cm³/mol. The van der Waals surface area contributed by atoms with Crippen molar-refractivity contribution in [3.05, 3.63) is 76.3 Å². The van der Waals surface area contributed by atoms with Gasteiger partial charge >= 0.3 is 0 Å². The molecule has 1 aliphatic rings. The fourth-order valence-corrected chi connectivity index (χ4v) is 3.91. The zero-order valence-electron chi connectivity index (χ0n) is 16.5. The highest BCUT2D eigenvalue weighted by atomic mass is 79.9. The molecule has 1 unspecified atom stereocenters. The second kappa shape index (κ2) is 7.59. The van der Waals surface area contributed by atoms with Gasteiger partial charge in [-0.15, -0.1) is 5.10 Å². The van der Waals surface area contributed by atoms with Crippen molar-refractivity contribution >= 4 is 27.6 Å². The van der Waals surface area contributed by atoms with Gasteiger partial charge in [0.05, 0.1) is 18.9 Å². The molecular formula is C22H18BrN5O3. The van der Waals surface area contributed by atoms with Crippen LogP contribution in [0.15, 0.2) is 70.1 Å². The SMILES string of the molecule is COc1ccc(C2CC(c3ccc(Br)cc3)=Nc3nc(-n4c(O)ccc4O)nn32)cc1. The molecule has 2 N–H and O–H groups in total. The summed E-state index contributed by atoms with van der Waals surface area (Å²) in [6.45, 7) is 0. The van der Waals surface area contributed by atoms with Gasteiger partial charge in [-0.1, -0.05) is 40.2 Å². The van der Waals surface area contributed by atoms with E-state index in [0.717, 1.165) is 27.1 Å². The van der Waals surface area contributed by atoms with Crippen LogP contribution in [-0.4, -0.2) is 42.4 Å². The standard InChI is InChI=1S/C22H18BrN5O3/c1-31-16-8-4-14(5-9-16)18-12-17(13-2-6-15(23)7-3-13)24-21-25-22(26-28(18)21)27-19(29)10-11-20(27)30/h2-11,18,29-30H,12H2,1H3. The van der Waals surface area contributed by atoms with Crippen molar-refractivity contribution in [2.24, 2.45) is 4.99 Å². The van der Waals surface area contributed by atoms with Crippen LogP contribution in [0, 0.1) is 0 Å². The minimum Gasteiger partial charge on any atom is -0.497 e. The fraction of sp³-hybridized carbons (Fsp3) is 0.136. The van der Waals surface area contributed by atoms with Crippen LogP contribution < -0.4 is 4.74 Å². The molecule has 0 aliphatic carbocycles. The lowest BCUT2D eigenvalue weighted by atomic mass is 9.96.